The first-order valence-electron chi connectivity index (χ1n) is 6.37. The lowest BCUT2D eigenvalue weighted by Crippen LogP contribution is -2.27. The zero-order chi connectivity index (χ0) is 14.1. The maximum atomic E-state index is 11.6. The second-order valence-electron chi connectivity index (χ2n) is 4.22. The summed E-state index contributed by atoms with van der Waals surface area (Å²) in [6.07, 6.45) is 2.08. The van der Waals surface area contributed by atoms with Crippen LogP contribution in [0, 0.1) is 0 Å². The van der Waals surface area contributed by atoms with Gasteiger partial charge in [-0.25, -0.2) is 13.1 Å². The maximum Gasteiger partial charge on any atom is 0.215 e. The molecule has 0 amide bonds. The van der Waals surface area contributed by atoms with E-state index in [0.29, 0.717) is 12.2 Å². The Hall–Kier alpha value is -1.11. The highest BCUT2D eigenvalue weighted by Gasteiger charge is 2.10. The monoisotopic (exact) mass is 287 g/mol. The fourth-order valence-corrected chi connectivity index (χ4v) is 2.62. The van der Waals surface area contributed by atoms with Gasteiger partial charge in [0.05, 0.1) is 19.0 Å². The molecule has 0 bridgehead atoms. The Morgan fingerprint density at radius 2 is 1.95 bits per heavy atom. The van der Waals surface area contributed by atoms with Crippen molar-refractivity contribution in [3.05, 3.63) is 29.8 Å². The quantitative estimate of drug-likeness (QED) is 0.671. The summed E-state index contributed by atoms with van der Waals surface area (Å²) in [5.74, 6) is 0.653. The normalized spacial score (nSPS) is 11.5. The number of nitrogens with one attached hydrogen (secondary N) is 1. The smallest absolute Gasteiger partial charge is 0.215 e. The lowest BCUT2D eigenvalue weighted by atomic mass is 10.2. The Balaban J connectivity index is 2.52. The molecule has 0 aliphatic rings. The SMILES string of the molecule is CCCCOc1ccc(CS(=O)(=O)NCCO)cc1. The Kier molecular flexibility index (Phi) is 6.83. The van der Waals surface area contributed by atoms with Crippen LogP contribution in [0.1, 0.15) is 25.3 Å². The van der Waals surface area contributed by atoms with Crippen molar-refractivity contribution in [2.24, 2.45) is 0 Å². The minimum Gasteiger partial charge on any atom is -0.494 e. The molecular weight excluding hydrogens is 266 g/mol. The third kappa shape index (κ3) is 6.56. The third-order valence-electron chi connectivity index (χ3n) is 2.48. The van der Waals surface area contributed by atoms with Gasteiger partial charge in [-0.1, -0.05) is 25.5 Å². The van der Waals surface area contributed by atoms with Crippen molar-refractivity contribution < 1.29 is 18.3 Å². The average molecular weight is 287 g/mol. The largest absolute Gasteiger partial charge is 0.494 e. The number of hydrogen-bond acceptors (Lipinski definition) is 4. The van der Waals surface area contributed by atoms with Crippen molar-refractivity contribution in [3.63, 3.8) is 0 Å². The Bertz CT molecular complexity index is 456. The molecular formula is C13H21NO4S. The van der Waals surface area contributed by atoms with Crippen LogP contribution in [0.4, 0.5) is 0 Å². The van der Waals surface area contributed by atoms with Crippen molar-refractivity contribution in [3.8, 4) is 5.75 Å². The molecule has 1 aromatic carbocycles. The topological polar surface area (TPSA) is 75.6 Å². The number of benzene rings is 1. The summed E-state index contributed by atoms with van der Waals surface area (Å²) in [7, 11) is -3.38. The van der Waals surface area contributed by atoms with E-state index in [1.54, 1.807) is 24.3 Å². The van der Waals surface area contributed by atoms with Gasteiger partial charge in [0.1, 0.15) is 5.75 Å². The van der Waals surface area contributed by atoms with E-state index in [1.807, 2.05) is 0 Å². The molecule has 0 radical (unpaired) electrons. The predicted octanol–water partition coefficient (Wildman–Crippen LogP) is 1.28. The molecule has 0 saturated heterocycles. The summed E-state index contributed by atoms with van der Waals surface area (Å²) in [5, 5.41) is 8.59. The molecule has 0 saturated carbocycles. The van der Waals surface area contributed by atoms with Crippen LogP contribution in [0.3, 0.4) is 0 Å². The van der Waals surface area contributed by atoms with Crippen LogP contribution in [0.2, 0.25) is 0 Å². The summed E-state index contributed by atoms with van der Waals surface area (Å²) < 4.78 is 31.0. The summed E-state index contributed by atoms with van der Waals surface area (Å²) in [6.45, 7) is 2.60. The van der Waals surface area contributed by atoms with Crippen molar-refractivity contribution in [2.75, 3.05) is 19.8 Å². The molecule has 0 aliphatic heterocycles. The predicted molar refractivity (Wildman–Crippen MR) is 74.6 cm³/mol. The van der Waals surface area contributed by atoms with Crippen LogP contribution < -0.4 is 9.46 Å². The molecule has 0 fully saturated rings. The van der Waals surface area contributed by atoms with Crippen LogP contribution in [0.25, 0.3) is 0 Å². The molecule has 0 aromatic heterocycles. The molecule has 0 spiro atoms. The van der Waals surface area contributed by atoms with Crippen molar-refractivity contribution in [1.29, 1.82) is 0 Å². The van der Waals surface area contributed by atoms with Gasteiger partial charge in [0.25, 0.3) is 0 Å². The standard InChI is InChI=1S/C13H21NO4S/c1-2-3-10-18-13-6-4-12(5-7-13)11-19(16,17)14-8-9-15/h4-7,14-15H,2-3,8-11H2,1H3. The van der Waals surface area contributed by atoms with Crippen LogP contribution in [0.5, 0.6) is 5.75 Å². The average Bonchev–Trinajstić information content (AvgIpc) is 2.38. The summed E-state index contributed by atoms with van der Waals surface area (Å²) in [4.78, 5) is 0. The number of hydrogen-bond donors (Lipinski definition) is 2. The second-order valence-corrected chi connectivity index (χ2v) is 6.03. The Morgan fingerprint density at radius 3 is 2.53 bits per heavy atom. The van der Waals surface area contributed by atoms with Gasteiger partial charge >= 0.3 is 0 Å². The first kappa shape index (κ1) is 15.9. The molecule has 1 rings (SSSR count). The number of unbranched alkanes of at least 4 members (excludes halogenated alkanes) is 1. The van der Waals surface area contributed by atoms with Crippen LogP contribution >= 0.6 is 0 Å². The van der Waals surface area contributed by atoms with Gasteiger partial charge in [0, 0.05) is 6.54 Å². The minimum absolute atomic E-state index is 0.0422. The zero-order valence-corrected chi connectivity index (χ0v) is 11.9. The fraction of sp³-hybridized carbons (Fsp3) is 0.538. The highest BCUT2D eigenvalue weighted by atomic mass is 32.2. The number of sulfonamides is 1. The van der Waals surface area contributed by atoms with E-state index in [4.69, 9.17) is 9.84 Å². The van der Waals surface area contributed by atoms with Crippen molar-refractivity contribution >= 4 is 10.0 Å². The van der Waals surface area contributed by atoms with E-state index in [0.717, 1.165) is 18.6 Å². The Morgan fingerprint density at radius 1 is 1.26 bits per heavy atom. The van der Waals surface area contributed by atoms with Crippen LogP contribution in [-0.4, -0.2) is 33.3 Å². The lowest BCUT2D eigenvalue weighted by Gasteiger charge is -2.08. The van der Waals surface area contributed by atoms with Gasteiger partial charge in [0.15, 0.2) is 0 Å². The molecule has 0 aliphatic carbocycles. The first-order valence-corrected chi connectivity index (χ1v) is 8.02. The van der Waals surface area contributed by atoms with Crippen molar-refractivity contribution in [2.45, 2.75) is 25.5 Å². The summed E-state index contributed by atoms with van der Waals surface area (Å²) in [5.41, 5.74) is 0.688. The summed E-state index contributed by atoms with van der Waals surface area (Å²) in [6, 6.07) is 7.01. The van der Waals surface area contributed by atoms with Gasteiger partial charge in [-0.2, -0.15) is 0 Å². The van der Waals surface area contributed by atoms with E-state index in [1.165, 1.54) is 0 Å². The van der Waals surface area contributed by atoms with E-state index in [-0.39, 0.29) is 18.9 Å². The molecule has 108 valence electrons. The molecule has 5 nitrogen and oxygen atoms in total. The third-order valence-corrected chi connectivity index (χ3v) is 3.84. The maximum absolute atomic E-state index is 11.6. The van der Waals surface area contributed by atoms with Gasteiger partial charge in [-0.05, 0) is 24.1 Å². The van der Waals surface area contributed by atoms with E-state index in [9.17, 15) is 8.42 Å². The van der Waals surface area contributed by atoms with Gasteiger partial charge in [-0.3, -0.25) is 0 Å². The Labute approximate surface area is 114 Å². The number of ether oxygens (including phenoxy) is 1. The lowest BCUT2D eigenvalue weighted by molar-refractivity contribution is 0.301. The summed E-state index contributed by atoms with van der Waals surface area (Å²) >= 11 is 0. The molecule has 19 heavy (non-hydrogen) atoms. The van der Waals surface area contributed by atoms with Crippen molar-refractivity contribution in [1.82, 2.24) is 4.72 Å². The molecule has 0 heterocycles. The highest BCUT2D eigenvalue weighted by Crippen LogP contribution is 2.14. The second kappa shape index (κ2) is 8.14. The number of rotatable bonds is 9. The van der Waals surface area contributed by atoms with Gasteiger partial charge in [0.2, 0.25) is 10.0 Å². The van der Waals surface area contributed by atoms with E-state index in [2.05, 4.69) is 11.6 Å². The van der Waals surface area contributed by atoms with E-state index < -0.39 is 10.0 Å². The first-order chi connectivity index (χ1) is 9.07. The van der Waals surface area contributed by atoms with Gasteiger partial charge in [-0.15, -0.1) is 0 Å². The molecule has 2 N–H and O–H groups in total. The molecule has 0 atom stereocenters. The highest BCUT2D eigenvalue weighted by molar-refractivity contribution is 7.88. The van der Waals surface area contributed by atoms with Crippen LogP contribution in [-0.2, 0) is 15.8 Å². The molecule has 1 aromatic rings. The number of aliphatic hydroxyl groups excluding tert-OH is 1. The minimum atomic E-state index is -3.38. The fourth-order valence-electron chi connectivity index (χ4n) is 1.49. The zero-order valence-electron chi connectivity index (χ0n) is 11.1. The van der Waals surface area contributed by atoms with E-state index >= 15 is 0 Å². The molecule has 6 heteroatoms. The number of aliphatic hydroxyl groups is 1. The van der Waals surface area contributed by atoms with Crippen LogP contribution in [0.15, 0.2) is 24.3 Å². The molecule has 0 unspecified atom stereocenters. The van der Waals surface area contributed by atoms with Gasteiger partial charge < -0.3 is 9.84 Å².